The molecule has 2 rings (SSSR count). The summed E-state index contributed by atoms with van der Waals surface area (Å²) >= 11 is 0. The molecule has 0 aromatic carbocycles. The van der Waals surface area contributed by atoms with Crippen molar-refractivity contribution >= 4 is 11.9 Å². The highest BCUT2D eigenvalue weighted by Crippen LogP contribution is 2.17. The lowest BCUT2D eigenvalue weighted by molar-refractivity contribution is -0.134. The van der Waals surface area contributed by atoms with Gasteiger partial charge in [0.2, 0.25) is 5.91 Å². The Balaban J connectivity index is 2.07. The van der Waals surface area contributed by atoms with Gasteiger partial charge in [0.25, 0.3) is 0 Å². The van der Waals surface area contributed by atoms with Crippen LogP contribution < -0.4 is 0 Å². The van der Waals surface area contributed by atoms with Gasteiger partial charge in [-0.2, -0.15) is 5.10 Å². The molecule has 7 heteroatoms. The molecule has 0 saturated heterocycles. The fourth-order valence-electron chi connectivity index (χ4n) is 2.09. The molecule has 1 atom stereocenters. The smallest absolute Gasteiger partial charge is 0.339 e. The van der Waals surface area contributed by atoms with Crippen molar-refractivity contribution in [1.82, 2.24) is 14.7 Å². The monoisotopic (exact) mass is 291 g/mol. The van der Waals surface area contributed by atoms with Crippen molar-refractivity contribution in [2.24, 2.45) is 0 Å². The highest BCUT2D eigenvalue weighted by Gasteiger charge is 2.21. The standard InChI is InChI=1S/C14H17N3O4/c1-9(17-6-4-5-15-17)13(18)16(3)8-11-7-12(14(19)20)10(2)21-11/h4-7,9H,8H2,1-3H3,(H,19,20)/t9-/m0/s1. The number of hydrogen-bond acceptors (Lipinski definition) is 4. The molecule has 2 aromatic heterocycles. The van der Waals surface area contributed by atoms with Crippen LogP contribution in [0, 0.1) is 6.92 Å². The first-order valence-corrected chi connectivity index (χ1v) is 6.47. The van der Waals surface area contributed by atoms with Gasteiger partial charge < -0.3 is 14.4 Å². The first kappa shape index (κ1) is 14.8. The zero-order chi connectivity index (χ0) is 15.6. The molecule has 0 fully saturated rings. The summed E-state index contributed by atoms with van der Waals surface area (Å²) in [6.07, 6.45) is 3.33. The van der Waals surface area contributed by atoms with Crippen molar-refractivity contribution in [1.29, 1.82) is 0 Å². The SMILES string of the molecule is Cc1oc(CN(C)C(=O)[C@H](C)n2cccn2)cc1C(=O)O. The number of likely N-dealkylation sites (N-methyl/N-ethyl adjacent to an activating group) is 1. The molecule has 0 saturated carbocycles. The molecular formula is C14H17N3O4. The summed E-state index contributed by atoms with van der Waals surface area (Å²) in [4.78, 5) is 24.7. The van der Waals surface area contributed by atoms with Gasteiger partial charge in [-0.25, -0.2) is 4.79 Å². The Bertz CT molecular complexity index is 645. The van der Waals surface area contributed by atoms with E-state index in [1.807, 2.05) is 0 Å². The van der Waals surface area contributed by atoms with Crippen molar-refractivity contribution in [3.05, 3.63) is 41.6 Å². The van der Waals surface area contributed by atoms with Crippen LogP contribution in [0.5, 0.6) is 0 Å². The highest BCUT2D eigenvalue weighted by molar-refractivity contribution is 5.88. The molecule has 0 aliphatic rings. The third kappa shape index (κ3) is 3.13. The number of carboxylic acid groups (broad SMARTS) is 1. The Hall–Kier alpha value is -2.57. The maximum atomic E-state index is 12.3. The van der Waals surface area contributed by atoms with Gasteiger partial charge in [-0.15, -0.1) is 0 Å². The van der Waals surface area contributed by atoms with E-state index in [0.29, 0.717) is 11.5 Å². The second-order valence-electron chi connectivity index (χ2n) is 4.84. The van der Waals surface area contributed by atoms with Crippen molar-refractivity contribution < 1.29 is 19.1 Å². The second-order valence-corrected chi connectivity index (χ2v) is 4.84. The minimum atomic E-state index is -1.04. The van der Waals surface area contributed by atoms with Crippen LogP contribution in [0.4, 0.5) is 0 Å². The summed E-state index contributed by atoms with van der Waals surface area (Å²) in [6, 6.07) is 2.76. The fourth-order valence-corrected chi connectivity index (χ4v) is 2.09. The number of nitrogens with zero attached hydrogens (tertiary/aromatic N) is 3. The van der Waals surface area contributed by atoms with E-state index in [0.717, 1.165) is 0 Å². The minimum Gasteiger partial charge on any atom is -0.478 e. The number of carboxylic acids is 1. The van der Waals surface area contributed by atoms with Gasteiger partial charge in [-0.05, 0) is 26.0 Å². The molecule has 0 bridgehead atoms. The van der Waals surface area contributed by atoms with E-state index in [1.165, 1.54) is 11.0 Å². The van der Waals surface area contributed by atoms with Gasteiger partial charge in [-0.3, -0.25) is 9.48 Å². The number of amides is 1. The third-order valence-electron chi connectivity index (χ3n) is 3.25. The minimum absolute atomic E-state index is 0.117. The first-order valence-electron chi connectivity index (χ1n) is 6.47. The van der Waals surface area contributed by atoms with Crippen LogP contribution in [0.15, 0.2) is 28.9 Å². The Morgan fingerprint density at radius 1 is 1.52 bits per heavy atom. The Kier molecular flexibility index (Phi) is 4.11. The molecule has 1 amide bonds. The number of aromatic carboxylic acids is 1. The number of hydrogen-bond donors (Lipinski definition) is 1. The van der Waals surface area contributed by atoms with Gasteiger partial charge in [0.05, 0.1) is 6.54 Å². The molecule has 7 nitrogen and oxygen atoms in total. The number of furan rings is 1. The molecule has 0 aliphatic heterocycles. The van der Waals surface area contributed by atoms with Crippen LogP contribution in [0.2, 0.25) is 0 Å². The average Bonchev–Trinajstić information content (AvgIpc) is 3.06. The molecular weight excluding hydrogens is 274 g/mol. The topological polar surface area (TPSA) is 88.6 Å². The van der Waals surface area contributed by atoms with Gasteiger partial charge >= 0.3 is 5.97 Å². The van der Waals surface area contributed by atoms with Crippen LogP contribution in [0.25, 0.3) is 0 Å². The van der Waals surface area contributed by atoms with Crippen molar-refractivity contribution in [2.75, 3.05) is 7.05 Å². The lowest BCUT2D eigenvalue weighted by Gasteiger charge is -2.20. The first-order chi connectivity index (χ1) is 9.90. The maximum Gasteiger partial charge on any atom is 0.339 e. The fraction of sp³-hybridized carbons (Fsp3) is 0.357. The molecule has 2 heterocycles. The number of rotatable bonds is 5. The van der Waals surface area contributed by atoms with Crippen LogP contribution in [-0.4, -0.2) is 38.7 Å². The van der Waals surface area contributed by atoms with Crippen molar-refractivity contribution in [3.63, 3.8) is 0 Å². The second kappa shape index (κ2) is 5.82. The third-order valence-corrected chi connectivity index (χ3v) is 3.25. The molecule has 21 heavy (non-hydrogen) atoms. The average molecular weight is 291 g/mol. The highest BCUT2D eigenvalue weighted by atomic mass is 16.4. The molecule has 1 N–H and O–H groups in total. The molecule has 0 spiro atoms. The summed E-state index contributed by atoms with van der Waals surface area (Å²) in [6.45, 7) is 3.54. The van der Waals surface area contributed by atoms with E-state index in [4.69, 9.17) is 9.52 Å². The van der Waals surface area contributed by atoms with Crippen LogP contribution in [0.3, 0.4) is 0 Å². The lowest BCUT2D eigenvalue weighted by Crippen LogP contribution is -2.32. The summed E-state index contributed by atoms with van der Waals surface area (Å²) in [5.41, 5.74) is 0.117. The van der Waals surface area contributed by atoms with Crippen molar-refractivity contribution in [3.8, 4) is 0 Å². The van der Waals surface area contributed by atoms with E-state index in [2.05, 4.69) is 5.10 Å². The predicted molar refractivity (Wildman–Crippen MR) is 73.8 cm³/mol. The molecule has 0 radical (unpaired) electrons. The summed E-state index contributed by atoms with van der Waals surface area (Å²) in [5, 5.41) is 13.0. The molecule has 0 unspecified atom stereocenters. The van der Waals surface area contributed by atoms with E-state index >= 15 is 0 Å². The van der Waals surface area contributed by atoms with E-state index in [9.17, 15) is 9.59 Å². The summed E-state index contributed by atoms with van der Waals surface area (Å²) in [5.74, 6) is -0.405. The Morgan fingerprint density at radius 3 is 2.76 bits per heavy atom. The van der Waals surface area contributed by atoms with Gasteiger partial charge in [-0.1, -0.05) is 0 Å². The van der Waals surface area contributed by atoms with Crippen molar-refractivity contribution in [2.45, 2.75) is 26.4 Å². The van der Waals surface area contributed by atoms with Gasteiger partial charge in [0.1, 0.15) is 23.1 Å². The lowest BCUT2D eigenvalue weighted by atomic mass is 10.2. The zero-order valence-electron chi connectivity index (χ0n) is 12.1. The largest absolute Gasteiger partial charge is 0.478 e. The molecule has 112 valence electrons. The predicted octanol–water partition coefficient (Wildman–Crippen LogP) is 1.70. The summed E-state index contributed by atoms with van der Waals surface area (Å²) < 4.78 is 6.93. The van der Waals surface area contributed by atoms with E-state index in [-0.39, 0.29) is 18.0 Å². The van der Waals surface area contributed by atoms with E-state index in [1.54, 1.807) is 44.0 Å². The number of carbonyl (C=O) groups is 2. The quantitative estimate of drug-likeness (QED) is 0.905. The Morgan fingerprint density at radius 2 is 2.24 bits per heavy atom. The van der Waals surface area contributed by atoms with Crippen LogP contribution in [-0.2, 0) is 11.3 Å². The number of carbonyl (C=O) groups excluding carboxylic acids is 1. The normalized spacial score (nSPS) is 12.1. The zero-order valence-corrected chi connectivity index (χ0v) is 12.1. The van der Waals surface area contributed by atoms with Crippen LogP contribution >= 0.6 is 0 Å². The number of aromatic nitrogens is 2. The summed E-state index contributed by atoms with van der Waals surface area (Å²) in [7, 11) is 1.64. The molecule has 0 aliphatic carbocycles. The van der Waals surface area contributed by atoms with E-state index < -0.39 is 12.0 Å². The molecule has 2 aromatic rings. The maximum absolute atomic E-state index is 12.3. The van der Waals surface area contributed by atoms with Gasteiger partial charge in [0.15, 0.2) is 0 Å². The number of aryl methyl sites for hydroxylation is 1. The van der Waals surface area contributed by atoms with Gasteiger partial charge in [0, 0.05) is 19.4 Å². The Labute approximate surface area is 121 Å². The van der Waals surface area contributed by atoms with Crippen LogP contribution in [0.1, 0.15) is 34.8 Å².